The number of benzene rings is 1. The number of rotatable bonds is 6. The Morgan fingerprint density at radius 1 is 1.30 bits per heavy atom. The van der Waals surface area contributed by atoms with E-state index in [2.05, 4.69) is 5.32 Å². The molecule has 0 saturated carbocycles. The van der Waals surface area contributed by atoms with E-state index in [1.165, 1.54) is 20.9 Å². The predicted octanol–water partition coefficient (Wildman–Crippen LogP) is 1.11. The number of carbonyl (C=O) groups is 2. The lowest BCUT2D eigenvalue weighted by atomic mass is 10.1. The highest BCUT2D eigenvalue weighted by Crippen LogP contribution is 2.11. The molecule has 0 saturated heterocycles. The number of Topliss-reactive ketones (excluding diaryl/α,β-unsaturated/α-hetero) is 1. The number of hydrogen-bond acceptors (Lipinski definition) is 4. The van der Waals surface area contributed by atoms with E-state index in [0.717, 1.165) is 4.31 Å². The van der Waals surface area contributed by atoms with Gasteiger partial charge < -0.3 is 5.32 Å². The molecule has 7 heteroatoms. The first-order chi connectivity index (χ1) is 9.26. The van der Waals surface area contributed by atoms with Crippen LogP contribution in [-0.2, 0) is 14.8 Å². The lowest BCUT2D eigenvalue weighted by Crippen LogP contribution is -2.35. The molecule has 0 fully saturated rings. The molecule has 1 amide bonds. The molecule has 1 rings (SSSR count). The summed E-state index contributed by atoms with van der Waals surface area (Å²) >= 11 is 0. The number of carbonyl (C=O) groups excluding carboxylic acids is 2. The van der Waals surface area contributed by atoms with Crippen molar-refractivity contribution in [3.8, 4) is 0 Å². The molecule has 6 nitrogen and oxygen atoms in total. The van der Waals surface area contributed by atoms with Crippen LogP contribution in [-0.4, -0.2) is 43.8 Å². The van der Waals surface area contributed by atoms with Crippen LogP contribution in [0.4, 0.5) is 5.69 Å². The number of ketones is 1. The largest absolute Gasteiger partial charge is 0.325 e. The van der Waals surface area contributed by atoms with Gasteiger partial charge in [-0.2, -0.15) is 4.31 Å². The molecule has 0 unspecified atom stereocenters. The third kappa shape index (κ3) is 4.43. The zero-order valence-electron chi connectivity index (χ0n) is 11.7. The molecule has 0 aliphatic carbocycles. The summed E-state index contributed by atoms with van der Waals surface area (Å²) in [6, 6.07) is 6.48. The molecule has 0 atom stereocenters. The summed E-state index contributed by atoms with van der Waals surface area (Å²) in [7, 11) is -2.04. The van der Waals surface area contributed by atoms with Crippen LogP contribution in [0.15, 0.2) is 24.3 Å². The monoisotopic (exact) mass is 298 g/mol. The fourth-order valence-electron chi connectivity index (χ4n) is 1.54. The highest BCUT2D eigenvalue weighted by Gasteiger charge is 2.18. The van der Waals surface area contributed by atoms with Crippen molar-refractivity contribution in [1.29, 1.82) is 0 Å². The number of anilines is 1. The SMILES string of the molecule is CCS(=O)(=O)N(C)CC(=O)Nc1cccc(C(C)=O)c1. The van der Waals surface area contributed by atoms with Gasteiger partial charge in [0, 0.05) is 18.3 Å². The zero-order chi connectivity index (χ0) is 15.3. The van der Waals surface area contributed by atoms with Gasteiger partial charge in [0.1, 0.15) is 0 Å². The van der Waals surface area contributed by atoms with E-state index < -0.39 is 15.9 Å². The van der Waals surface area contributed by atoms with Gasteiger partial charge in [-0.1, -0.05) is 12.1 Å². The Balaban J connectivity index is 2.72. The lowest BCUT2D eigenvalue weighted by molar-refractivity contribution is -0.116. The molecule has 0 aromatic heterocycles. The van der Waals surface area contributed by atoms with Gasteiger partial charge in [-0.3, -0.25) is 9.59 Å². The van der Waals surface area contributed by atoms with Crippen molar-refractivity contribution < 1.29 is 18.0 Å². The number of hydrogen-bond donors (Lipinski definition) is 1. The van der Waals surface area contributed by atoms with Gasteiger partial charge in [-0.25, -0.2) is 8.42 Å². The fourth-order valence-corrected chi connectivity index (χ4v) is 2.29. The first-order valence-corrected chi connectivity index (χ1v) is 7.72. The second-order valence-electron chi connectivity index (χ2n) is 4.34. The molecule has 0 bridgehead atoms. The summed E-state index contributed by atoms with van der Waals surface area (Å²) in [6.07, 6.45) is 0. The number of amides is 1. The molecule has 0 radical (unpaired) electrons. The maximum absolute atomic E-state index is 11.8. The van der Waals surface area contributed by atoms with Crippen LogP contribution in [0.25, 0.3) is 0 Å². The van der Waals surface area contributed by atoms with Gasteiger partial charge in [-0.05, 0) is 26.0 Å². The number of nitrogens with zero attached hydrogens (tertiary/aromatic N) is 1. The first kappa shape index (κ1) is 16.3. The fraction of sp³-hybridized carbons (Fsp3) is 0.385. The highest BCUT2D eigenvalue weighted by molar-refractivity contribution is 7.89. The Morgan fingerprint density at radius 2 is 1.95 bits per heavy atom. The van der Waals surface area contributed by atoms with Gasteiger partial charge >= 0.3 is 0 Å². The molecule has 20 heavy (non-hydrogen) atoms. The molecule has 1 N–H and O–H groups in total. The third-order valence-corrected chi connectivity index (χ3v) is 4.57. The van der Waals surface area contributed by atoms with Crippen LogP contribution in [0.1, 0.15) is 24.2 Å². The summed E-state index contributed by atoms with van der Waals surface area (Å²) in [4.78, 5) is 23.0. The van der Waals surface area contributed by atoms with Gasteiger partial charge in [-0.15, -0.1) is 0 Å². The van der Waals surface area contributed by atoms with E-state index in [-0.39, 0.29) is 18.1 Å². The maximum Gasteiger partial charge on any atom is 0.239 e. The average molecular weight is 298 g/mol. The molecular weight excluding hydrogens is 280 g/mol. The van der Waals surface area contributed by atoms with Crippen molar-refractivity contribution in [2.75, 3.05) is 24.7 Å². The standard InChI is InChI=1S/C13H18N2O4S/c1-4-20(18,19)15(3)9-13(17)14-12-7-5-6-11(8-12)10(2)16/h5-8H,4,9H2,1-3H3,(H,14,17). The molecule has 0 spiro atoms. The minimum absolute atomic E-state index is 0.0589. The van der Waals surface area contributed by atoms with Crippen LogP contribution in [0.3, 0.4) is 0 Å². The average Bonchev–Trinajstić information content (AvgIpc) is 2.38. The van der Waals surface area contributed by atoms with Crippen molar-refractivity contribution in [3.05, 3.63) is 29.8 Å². The number of likely N-dealkylation sites (N-methyl/N-ethyl adjacent to an activating group) is 1. The first-order valence-electron chi connectivity index (χ1n) is 6.11. The van der Waals surface area contributed by atoms with E-state index in [1.807, 2.05) is 0 Å². The molecule has 0 heterocycles. The van der Waals surface area contributed by atoms with Gasteiger partial charge in [0.25, 0.3) is 0 Å². The van der Waals surface area contributed by atoms with Gasteiger partial charge in [0.05, 0.1) is 12.3 Å². The zero-order valence-corrected chi connectivity index (χ0v) is 12.5. The van der Waals surface area contributed by atoms with E-state index in [9.17, 15) is 18.0 Å². The quantitative estimate of drug-likeness (QED) is 0.797. The van der Waals surface area contributed by atoms with Crippen molar-refractivity contribution >= 4 is 27.4 Å². The van der Waals surface area contributed by atoms with Crippen LogP contribution in [0, 0.1) is 0 Å². The molecule has 110 valence electrons. The Labute approximate surface area is 118 Å². The van der Waals surface area contributed by atoms with E-state index >= 15 is 0 Å². The molecule has 0 aliphatic heterocycles. The van der Waals surface area contributed by atoms with Crippen LogP contribution >= 0.6 is 0 Å². The van der Waals surface area contributed by atoms with Gasteiger partial charge in [0.2, 0.25) is 15.9 Å². The Hall–Kier alpha value is -1.73. The normalized spacial score (nSPS) is 11.4. The summed E-state index contributed by atoms with van der Waals surface area (Å²) in [5, 5.41) is 2.57. The van der Waals surface area contributed by atoms with E-state index in [1.54, 1.807) is 24.3 Å². The number of sulfonamides is 1. The van der Waals surface area contributed by atoms with Crippen LogP contribution in [0.5, 0.6) is 0 Å². The Bertz CT molecular complexity index is 611. The lowest BCUT2D eigenvalue weighted by Gasteiger charge is -2.15. The Kier molecular flexibility index (Phi) is 5.41. The summed E-state index contributed by atoms with van der Waals surface area (Å²) in [5.41, 5.74) is 0.947. The summed E-state index contributed by atoms with van der Waals surface area (Å²) in [5.74, 6) is -0.617. The van der Waals surface area contributed by atoms with Crippen LogP contribution < -0.4 is 5.32 Å². The Morgan fingerprint density at radius 3 is 2.50 bits per heavy atom. The summed E-state index contributed by atoms with van der Waals surface area (Å²) in [6.45, 7) is 2.68. The van der Waals surface area contributed by atoms with E-state index in [4.69, 9.17) is 0 Å². The molecule has 1 aromatic rings. The third-order valence-electron chi connectivity index (χ3n) is 2.76. The van der Waals surface area contributed by atoms with Crippen molar-refractivity contribution in [3.63, 3.8) is 0 Å². The van der Waals surface area contributed by atoms with Gasteiger partial charge in [0.15, 0.2) is 5.78 Å². The minimum Gasteiger partial charge on any atom is -0.325 e. The minimum atomic E-state index is -3.39. The maximum atomic E-state index is 11.8. The topological polar surface area (TPSA) is 83.6 Å². The highest BCUT2D eigenvalue weighted by atomic mass is 32.2. The number of nitrogens with one attached hydrogen (secondary N) is 1. The molecular formula is C13H18N2O4S. The smallest absolute Gasteiger partial charge is 0.239 e. The second-order valence-corrected chi connectivity index (χ2v) is 6.71. The summed E-state index contributed by atoms with van der Waals surface area (Å²) < 4.78 is 24.1. The molecule has 1 aromatic carbocycles. The second kappa shape index (κ2) is 6.62. The van der Waals surface area contributed by atoms with Crippen molar-refractivity contribution in [2.24, 2.45) is 0 Å². The predicted molar refractivity (Wildman–Crippen MR) is 77.2 cm³/mol. The van der Waals surface area contributed by atoms with Crippen LogP contribution in [0.2, 0.25) is 0 Å². The molecule has 0 aliphatic rings. The van der Waals surface area contributed by atoms with Crippen molar-refractivity contribution in [2.45, 2.75) is 13.8 Å². The van der Waals surface area contributed by atoms with E-state index in [0.29, 0.717) is 11.3 Å². The van der Waals surface area contributed by atoms with Crippen molar-refractivity contribution in [1.82, 2.24) is 4.31 Å².